The summed E-state index contributed by atoms with van der Waals surface area (Å²) in [6.45, 7) is 2.98. The van der Waals surface area contributed by atoms with Crippen LogP contribution in [0.2, 0.25) is 0 Å². The van der Waals surface area contributed by atoms with E-state index in [-0.39, 0.29) is 0 Å². The van der Waals surface area contributed by atoms with Gasteiger partial charge in [0, 0.05) is 10.8 Å². The lowest BCUT2D eigenvalue weighted by Gasteiger charge is -2.38. The van der Waals surface area contributed by atoms with Crippen LogP contribution < -0.4 is 10.1 Å². The molecule has 0 saturated heterocycles. The van der Waals surface area contributed by atoms with Crippen molar-refractivity contribution in [3.8, 4) is 5.75 Å². The number of allylic oxidation sites excluding steroid dienone is 2. The number of benzene rings is 2. The molecule has 1 N–H and O–H groups in total. The summed E-state index contributed by atoms with van der Waals surface area (Å²) in [5.41, 5.74) is 3.94. The van der Waals surface area contributed by atoms with Crippen molar-refractivity contribution in [2.24, 2.45) is 5.92 Å². The van der Waals surface area contributed by atoms with E-state index in [4.69, 9.17) is 4.74 Å². The predicted octanol–water partition coefficient (Wildman–Crippen LogP) is 6.41. The van der Waals surface area contributed by atoms with Crippen molar-refractivity contribution in [1.29, 1.82) is 0 Å². The lowest BCUT2D eigenvalue weighted by atomic mass is 9.77. The molecule has 2 nitrogen and oxygen atoms in total. The number of unbranched alkanes of at least 4 members (excludes halogenated alkanes) is 1. The Kier molecular flexibility index (Phi) is 5.26. The molecule has 0 fully saturated rings. The van der Waals surface area contributed by atoms with E-state index in [1.165, 1.54) is 21.7 Å². The first kappa shape index (κ1) is 17.5. The molecule has 1 aliphatic heterocycles. The van der Waals surface area contributed by atoms with Crippen LogP contribution in [-0.2, 0) is 0 Å². The molecule has 2 aliphatic rings. The van der Waals surface area contributed by atoms with Gasteiger partial charge >= 0.3 is 0 Å². The second kappa shape index (κ2) is 7.79. The second-order valence-electron chi connectivity index (χ2n) is 7.17. The average molecular weight is 366 g/mol. The van der Waals surface area contributed by atoms with Gasteiger partial charge in [-0.3, -0.25) is 0 Å². The Morgan fingerprint density at radius 2 is 2.00 bits per heavy atom. The molecule has 2 aromatic rings. The van der Waals surface area contributed by atoms with E-state index in [1.807, 2.05) is 0 Å². The third-order valence-electron chi connectivity index (χ3n) is 5.59. The van der Waals surface area contributed by atoms with Gasteiger partial charge in [-0.25, -0.2) is 0 Å². The molecular formula is C23H27NOS. The molecule has 0 spiro atoms. The van der Waals surface area contributed by atoms with Crippen LogP contribution in [0, 0.1) is 5.92 Å². The first-order chi connectivity index (χ1) is 12.8. The van der Waals surface area contributed by atoms with Gasteiger partial charge in [-0.1, -0.05) is 49.8 Å². The maximum atomic E-state index is 6.12. The number of para-hydroxylation sites is 1. The summed E-state index contributed by atoms with van der Waals surface area (Å²) >= 11 is 1.79. The van der Waals surface area contributed by atoms with Gasteiger partial charge in [-0.15, -0.1) is 11.8 Å². The van der Waals surface area contributed by atoms with Crippen molar-refractivity contribution in [2.45, 2.75) is 43.0 Å². The zero-order chi connectivity index (χ0) is 17.9. The maximum Gasteiger partial charge on any atom is 0.142 e. The minimum Gasteiger partial charge on any atom is -0.491 e. The number of hydrogen-bond acceptors (Lipinski definition) is 3. The van der Waals surface area contributed by atoms with Crippen LogP contribution >= 0.6 is 11.8 Å². The first-order valence-electron chi connectivity index (χ1n) is 9.64. The lowest BCUT2D eigenvalue weighted by molar-refractivity contribution is 0.308. The molecule has 4 rings (SSSR count). The van der Waals surface area contributed by atoms with E-state index in [0.717, 1.165) is 31.6 Å². The number of fused-ring (bicyclic) bond motifs is 3. The molecule has 26 heavy (non-hydrogen) atoms. The molecule has 1 aliphatic carbocycles. The number of rotatable bonds is 6. The molecule has 2 aromatic carbocycles. The van der Waals surface area contributed by atoms with Crippen LogP contribution in [0.3, 0.4) is 0 Å². The number of hydrogen-bond donors (Lipinski definition) is 1. The van der Waals surface area contributed by atoms with Gasteiger partial charge in [0.15, 0.2) is 0 Å². The van der Waals surface area contributed by atoms with Crippen molar-refractivity contribution in [3.63, 3.8) is 0 Å². The van der Waals surface area contributed by atoms with Crippen LogP contribution in [0.25, 0.3) is 0 Å². The molecule has 0 amide bonds. The Bertz CT molecular complexity index is 783. The molecule has 3 heteroatoms. The smallest absolute Gasteiger partial charge is 0.142 e. The van der Waals surface area contributed by atoms with Crippen LogP contribution in [0.5, 0.6) is 5.75 Å². The summed E-state index contributed by atoms with van der Waals surface area (Å²) in [4.78, 5) is 1.31. The number of nitrogens with one attached hydrogen (secondary N) is 1. The Balaban J connectivity index is 1.68. The van der Waals surface area contributed by atoms with Crippen LogP contribution in [0.15, 0.2) is 59.5 Å². The van der Waals surface area contributed by atoms with Crippen molar-refractivity contribution >= 4 is 17.4 Å². The highest BCUT2D eigenvalue weighted by atomic mass is 32.2. The molecular weight excluding hydrogens is 338 g/mol. The van der Waals surface area contributed by atoms with Crippen LogP contribution in [0.4, 0.5) is 5.69 Å². The highest BCUT2D eigenvalue weighted by Crippen LogP contribution is 2.52. The van der Waals surface area contributed by atoms with Crippen molar-refractivity contribution in [2.75, 3.05) is 18.2 Å². The van der Waals surface area contributed by atoms with E-state index >= 15 is 0 Å². The Hall–Kier alpha value is -1.87. The van der Waals surface area contributed by atoms with Gasteiger partial charge in [0.2, 0.25) is 0 Å². The van der Waals surface area contributed by atoms with Gasteiger partial charge in [0.25, 0.3) is 0 Å². The molecule has 136 valence electrons. The number of anilines is 1. The summed E-state index contributed by atoms with van der Waals surface area (Å²) in [5.74, 6) is 2.06. The van der Waals surface area contributed by atoms with E-state index in [9.17, 15) is 0 Å². The fourth-order valence-electron chi connectivity index (χ4n) is 4.18. The van der Waals surface area contributed by atoms with Gasteiger partial charge in [-0.2, -0.15) is 0 Å². The monoisotopic (exact) mass is 365 g/mol. The molecule has 0 aromatic heterocycles. The zero-order valence-corrected chi connectivity index (χ0v) is 16.4. The summed E-state index contributed by atoms with van der Waals surface area (Å²) in [6, 6.07) is 15.9. The third kappa shape index (κ3) is 3.25. The highest BCUT2D eigenvalue weighted by molar-refractivity contribution is 7.98. The van der Waals surface area contributed by atoms with E-state index in [0.29, 0.717) is 17.9 Å². The summed E-state index contributed by atoms with van der Waals surface area (Å²) in [5, 5.41) is 3.85. The van der Waals surface area contributed by atoms with Crippen LogP contribution in [0.1, 0.15) is 49.3 Å². The van der Waals surface area contributed by atoms with Crippen molar-refractivity contribution in [3.05, 3.63) is 65.7 Å². The summed E-state index contributed by atoms with van der Waals surface area (Å²) < 4.78 is 6.12. The molecule has 0 saturated carbocycles. The third-order valence-corrected chi connectivity index (χ3v) is 6.33. The van der Waals surface area contributed by atoms with E-state index < -0.39 is 0 Å². The molecule has 0 radical (unpaired) electrons. The van der Waals surface area contributed by atoms with Gasteiger partial charge in [-0.05, 0) is 54.3 Å². The fourth-order valence-corrected chi connectivity index (χ4v) is 4.59. The van der Waals surface area contributed by atoms with E-state index in [1.54, 1.807) is 11.8 Å². The minimum absolute atomic E-state index is 0.328. The van der Waals surface area contributed by atoms with Crippen molar-refractivity contribution in [1.82, 2.24) is 0 Å². The summed E-state index contributed by atoms with van der Waals surface area (Å²) in [6.07, 6.45) is 10.2. The molecule has 3 atom stereocenters. The highest BCUT2D eigenvalue weighted by Gasteiger charge is 2.38. The predicted molar refractivity (Wildman–Crippen MR) is 111 cm³/mol. The van der Waals surface area contributed by atoms with Gasteiger partial charge in [0.1, 0.15) is 5.75 Å². The average Bonchev–Trinajstić information content (AvgIpc) is 3.18. The lowest BCUT2D eigenvalue weighted by Crippen LogP contribution is -2.29. The molecule has 0 bridgehead atoms. The Morgan fingerprint density at radius 1 is 1.15 bits per heavy atom. The molecule has 1 heterocycles. The zero-order valence-electron chi connectivity index (χ0n) is 15.6. The quantitative estimate of drug-likeness (QED) is 0.363. The van der Waals surface area contributed by atoms with E-state index in [2.05, 4.69) is 73.1 Å². The Labute approximate surface area is 161 Å². The fraction of sp³-hybridized carbons (Fsp3) is 0.391. The molecule has 3 unspecified atom stereocenters. The minimum atomic E-state index is 0.328. The second-order valence-corrected chi connectivity index (χ2v) is 8.05. The van der Waals surface area contributed by atoms with Gasteiger partial charge in [0.05, 0.1) is 18.3 Å². The van der Waals surface area contributed by atoms with Crippen molar-refractivity contribution < 1.29 is 4.74 Å². The van der Waals surface area contributed by atoms with Crippen LogP contribution in [-0.4, -0.2) is 12.9 Å². The maximum absolute atomic E-state index is 6.12. The largest absolute Gasteiger partial charge is 0.491 e. The normalized spacial score (nSPS) is 23.2. The summed E-state index contributed by atoms with van der Waals surface area (Å²) in [7, 11) is 0. The first-order valence-corrected chi connectivity index (χ1v) is 10.9. The SMILES string of the molecule is CCCCOc1cccc2c1NC(c1ccc(SC)cc1)C1CC=CC21. The number of ether oxygens (including phenoxy) is 1. The Morgan fingerprint density at radius 3 is 2.77 bits per heavy atom. The number of thioether (sulfide) groups is 1. The standard InChI is InChI=1S/C23H27NOS/c1-3-4-15-25-21-10-6-9-20-18-7-5-8-19(18)22(24-23(20)21)16-11-13-17(26-2)14-12-16/h5-7,9-14,18-19,22,24H,3-4,8,15H2,1-2H3. The topological polar surface area (TPSA) is 21.3 Å². The van der Waals surface area contributed by atoms with Gasteiger partial charge < -0.3 is 10.1 Å².